The number of unbranched alkanes of at least 4 members (excludes halogenated alkanes) is 25. The van der Waals surface area contributed by atoms with Gasteiger partial charge in [-0.25, -0.2) is 4.57 Å². The molecular formula is C47H88NO8P. The van der Waals surface area contributed by atoms with Crippen LogP contribution in [0.25, 0.3) is 0 Å². The van der Waals surface area contributed by atoms with Crippen molar-refractivity contribution in [1.82, 2.24) is 0 Å². The first kappa shape index (κ1) is 55.2. The van der Waals surface area contributed by atoms with Gasteiger partial charge >= 0.3 is 19.8 Å². The first-order valence-corrected chi connectivity index (χ1v) is 25.0. The van der Waals surface area contributed by atoms with Crippen LogP contribution in [0, 0.1) is 0 Å². The van der Waals surface area contributed by atoms with Crippen molar-refractivity contribution in [2.24, 2.45) is 5.73 Å². The maximum absolute atomic E-state index is 12.6. The average molecular weight is 826 g/mol. The highest BCUT2D eigenvalue weighted by molar-refractivity contribution is 7.47. The van der Waals surface area contributed by atoms with E-state index in [2.05, 4.69) is 50.3 Å². The maximum Gasteiger partial charge on any atom is 0.472 e. The molecule has 57 heavy (non-hydrogen) atoms. The number of hydrogen-bond donors (Lipinski definition) is 2. The van der Waals surface area contributed by atoms with E-state index in [1.807, 2.05) is 0 Å². The predicted molar refractivity (Wildman–Crippen MR) is 238 cm³/mol. The van der Waals surface area contributed by atoms with E-state index in [0.29, 0.717) is 6.42 Å². The van der Waals surface area contributed by atoms with Crippen LogP contribution in [-0.2, 0) is 32.7 Å². The van der Waals surface area contributed by atoms with Crippen LogP contribution >= 0.6 is 7.82 Å². The van der Waals surface area contributed by atoms with E-state index < -0.39 is 26.5 Å². The van der Waals surface area contributed by atoms with E-state index in [4.69, 9.17) is 24.3 Å². The Morgan fingerprint density at radius 2 is 0.912 bits per heavy atom. The number of ether oxygens (including phenoxy) is 2. The van der Waals surface area contributed by atoms with Gasteiger partial charge in [0.2, 0.25) is 0 Å². The summed E-state index contributed by atoms with van der Waals surface area (Å²) in [5, 5.41) is 0. The zero-order valence-electron chi connectivity index (χ0n) is 36.8. The highest BCUT2D eigenvalue weighted by Crippen LogP contribution is 2.43. The molecule has 2 atom stereocenters. The lowest BCUT2D eigenvalue weighted by Crippen LogP contribution is -2.29. The highest BCUT2D eigenvalue weighted by atomic mass is 31.2. The topological polar surface area (TPSA) is 134 Å². The van der Waals surface area contributed by atoms with E-state index in [1.165, 1.54) is 141 Å². The molecule has 0 aromatic heterocycles. The minimum absolute atomic E-state index is 0.0485. The van der Waals surface area contributed by atoms with E-state index >= 15 is 0 Å². The Labute approximate surface area is 350 Å². The summed E-state index contributed by atoms with van der Waals surface area (Å²) in [6.07, 6.45) is 49.0. The number of phosphoric ester groups is 1. The summed E-state index contributed by atoms with van der Waals surface area (Å²) in [6, 6.07) is 0. The molecule has 1 unspecified atom stereocenters. The van der Waals surface area contributed by atoms with Gasteiger partial charge in [0, 0.05) is 19.4 Å². The molecule has 0 amide bonds. The molecule has 0 heterocycles. The number of phosphoric acid groups is 1. The molecule has 0 aromatic rings. The van der Waals surface area contributed by atoms with Crippen LogP contribution < -0.4 is 5.73 Å². The third-order valence-electron chi connectivity index (χ3n) is 10.00. The Kier molecular flexibility index (Phi) is 42.4. The second kappa shape index (κ2) is 43.8. The largest absolute Gasteiger partial charge is 0.472 e. The fourth-order valence-electron chi connectivity index (χ4n) is 6.48. The van der Waals surface area contributed by atoms with E-state index in [0.717, 1.165) is 44.9 Å². The van der Waals surface area contributed by atoms with Crippen molar-refractivity contribution < 1.29 is 37.6 Å². The lowest BCUT2D eigenvalue weighted by molar-refractivity contribution is -0.161. The summed E-state index contributed by atoms with van der Waals surface area (Å²) >= 11 is 0. The smallest absolute Gasteiger partial charge is 0.462 e. The van der Waals surface area contributed by atoms with Crippen molar-refractivity contribution >= 4 is 19.8 Å². The van der Waals surface area contributed by atoms with E-state index in [-0.39, 0.29) is 38.6 Å². The molecule has 10 heteroatoms. The predicted octanol–water partition coefficient (Wildman–Crippen LogP) is 13.7. The van der Waals surface area contributed by atoms with Crippen LogP contribution in [-0.4, -0.2) is 49.3 Å². The molecule has 0 spiro atoms. The Hall–Kier alpha value is -1.77. The third kappa shape index (κ3) is 43.6. The summed E-state index contributed by atoms with van der Waals surface area (Å²) in [7, 11) is -4.39. The van der Waals surface area contributed by atoms with Crippen molar-refractivity contribution in [1.29, 1.82) is 0 Å². The molecule has 334 valence electrons. The second-order valence-corrected chi connectivity index (χ2v) is 17.1. The Morgan fingerprint density at radius 3 is 1.39 bits per heavy atom. The molecule has 0 aromatic carbocycles. The van der Waals surface area contributed by atoms with Crippen molar-refractivity contribution in [3.05, 3.63) is 36.5 Å². The Balaban J connectivity index is 4.10. The molecule has 0 aliphatic rings. The Bertz CT molecular complexity index is 1030. The van der Waals surface area contributed by atoms with E-state index in [9.17, 15) is 19.0 Å². The van der Waals surface area contributed by atoms with Gasteiger partial charge in [-0.05, 0) is 70.6 Å². The molecule has 0 aliphatic carbocycles. The average Bonchev–Trinajstić information content (AvgIpc) is 3.20. The molecule has 0 bridgehead atoms. The van der Waals surface area contributed by atoms with Crippen molar-refractivity contribution in [3.63, 3.8) is 0 Å². The van der Waals surface area contributed by atoms with Crippen LogP contribution in [0.5, 0.6) is 0 Å². The molecule has 0 saturated carbocycles. The summed E-state index contributed by atoms with van der Waals surface area (Å²) in [6.45, 7) is 3.70. The first-order valence-electron chi connectivity index (χ1n) is 23.5. The fraction of sp³-hybridized carbons (Fsp3) is 0.830. The molecule has 0 radical (unpaired) electrons. The molecule has 0 aliphatic heterocycles. The normalized spacial score (nSPS) is 13.5. The van der Waals surface area contributed by atoms with Crippen molar-refractivity contribution in [3.8, 4) is 0 Å². The lowest BCUT2D eigenvalue weighted by atomic mass is 10.0. The van der Waals surface area contributed by atoms with Gasteiger partial charge in [-0.2, -0.15) is 0 Å². The van der Waals surface area contributed by atoms with Gasteiger partial charge in [-0.3, -0.25) is 18.6 Å². The zero-order chi connectivity index (χ0) is 41.8. The fourth-order valence-corrected chi connectivity index (χ4v) is 7.25. The zero-order valence-corrected chi connectivity index (χ0v) is 37.7. The monoisotopic (exact) mass is 826 g/mol. The minimum Gasteiger partial charge on any atom is -0.462 e. The van der Waals surface area contributed by atoms with Crippen LogP contribution in [0.15, 0.2) is 36.5 Å². The third-order valence-corrected chi connectivity index (χ3v) is 11.0. The van der Waals surface area contributed by atoms with Crippen LogP contribution in [0.2, 0.25) is 0 Å². The Morgan fingerprint density at radius 1 is 0.526 bits per heavy atom. The molecular weight excluding hydrogens is 737 g/mol. The summed E-state index contributed by atoms with van der Waals surface area (Å²) in [5.74, 6) is -0.862. The van der Waals surface area contributed by atoms with Gasteiger partial charge < -0.3 is 20.1 Å². The molecule has 3 N–H and O–H groups in total. The maximum atomic E-state index is 12.6. The SMILES string of the molecule is CCCCCCCC/C=C/C/C=C/CCCCC(=O)O[C@@H](COC(=O)CCCCCCCCCCCCC/C=C/CCCCCCCC)COP(=O)(O)OCCN. The van der Waals surface area contributed by atoms with E-state index in [1.54, 1.807) is 0 Å². The van der Waals surface area contributed by atoms with Gasteiger partial charge in [-0.15, -0.1) is 0 Å². The quantitative estimate of drug-likeness (QED) is 0.0266. The molecule has 0 rings (SSSR count). The van der Waals surface area contributed by atoms with Gasteiger partial charge in [0.05, 0.1) is 13.2 Å². The van der Waals surface area contributed by atoms with Gasteiger partial charge in [-0.1, -0.05) is 172 Å². The number of nitrogens with two attached hydrogens (primary N) is 1. The van der Waals surface area contributed by atoms with Crippen molar-refractivity contribution in [2.45, 2.75) is 225 Å². The highest BCUT2D eigenvalue weighted by Gasteiger charge is 2.26. The van der Waals surface area contributed by atoms with Gasteiger partial charge in [0.15, 0.2) is 6.10 Å². The first-order chi connectivity index (χ1) is 27.8. The van der Waals surface area contributed by atoms with Crippen molar-refractivity contribution in [2.75, 3.05) is 26.4 Å². The number of allylic oxidation sites excluding steroid dienone is 6. The number of carbonyl (C=O) groups excluding carboxylic acids is 2. The van der Waals surface area contributed by atoms with Gasteiger partial charge in [0.25, 0.3) is 0 Å². The summed E-state index contributed by atoms with van der Waals surface area (Å²) in [5.41, 5.74) is 5.35. The number of hydrogen-bond acceptors (Lipinski definition) is 8. The minimum atomic E-state index is -4.39. The molecule has 0 fully saturated rings. The van der Waals surface area contributed by atoms with Gasteiger partial charge in [0.1, 0.15) is 6.61 Å². The van der Waals surface area contributed by atoms with Crippen LogP contribution in [0.1, 0.15) is 219 Å². The second-order valence-electron chi connectivity index (χ2n) is 15.6. The molecule has 9 nitrogen and oxygen atoms in total. The standard InChI is InChI=1S/C47H88NO8P/c1-3-5-7-9-11-13-15-17-19-20-21-22-23-24-26-27-29-31-33-35-37-39-46(49)53-43-45(44-55-57(51,52)54-42-41-48)56-47(50)40-38-36-34-32-30-28-25-18-16-14-12-10-8-6-4-2/h17-19,25,30,32,45H,3-16,20-24,26-29,31,33-44,48H2,1-2H3,(H,51,52)/b19-17+,25-18+,32-30+/t45-/m0/s1. The van der Waals surface area contributed by atoms with Crippen LogP contribution in [0.3, 0.4) is 0 Å². The number of carbonyl (C=O) groups is 2. The lowest BCUT2D eigenvalue weighted by Gasteiger charge is -2.19. The van der Waals surface area contributed by atoms with Crippen LogP contribution in [0.4, 0.5) is 0 Å². The number of esters is 2. The summed E-state index contributed by atoms with van der Waals surface area (Å²) < 4.78 is 32.8. The number of rotatable bonds is 44. The molecule has 0 saturated heterocycles. The summed E-state index contributed by atoms with van der Waals surface area (Å²) in [4.78, 5) is 34.9.